The normalized spacial score (nSPS) is 12.4. The standard InChI is InChI=1S/C14H13BrF2N2S/c15-9-1-4-11(5-2-9)20-8-14(19-18)12-6-3-10(16)7-13(12)17/h1-7,14,19H,8,18H2. The maximum absolute atomic E-state index is 13.7. The molecule has 0 amide bonds. The Morgan fingerprint density at radius 3 is 2.45 bits per heavy atom. The number of nitrogens with two attached hydrogens (primary N) is 1. The van der Waals surface area contributed by atoms with Crippen molar-refractivity contribution in [2.75, 3.05) is 5.75 Å². The first-order valence-electron chi connectivity index (χ1n) is 5.89. The summed E-state index contributed by atoms with van der Waals surface area (Å²) in [6, 6.07) is 10.9. The average molecular weight is 359 g/mol. The molecule has 0 saturated heterocycles. The third kappa shape index (κ3) is 4.02. The van der Waals surface area contributed by atoms with Crippen LogP contribution in [0.1, 0.15) is 11.6 Å². The van der Waals surface area contributed by atoms with Crippen molar-refractivity contribution in [3.63, 3.8) is 0 Å². The Balaban J connectivity index is 2.07. The second-order valence-corrected chi connectivity index (χ2v) is 6.16. The highest BCUT2D eigenvalue weighted by molar-refractivity contribution is 9.10. The Bertz CT molecular complexity index is 578. The van der Waals surface area contributed by atoms with Crippen LogP contribution in [0.15, 0.2) is 51.8 Å². The van der Waals surface area contributed by atoms with Crippen LogP contribution in [0, 0.1) is 11.6 Å². The van der Waals surface area contributed by atoms with Crippen LogP contribution < -0.4 is 11.3 Å². The molecular formula is C14H13BrF2N2S. The van der Waals surface area contributed by atoms with Crippen LogP contribution in [0.3, 0.4) is 0 Å². The van der Waals surface area contributed by atoms with Crippen molar-refractivity contribution in [2.24, 2.45) is 5.84 Å². The molecule has 1 atom stereocenters. The summed E-state index contributed by atoms with van der Waals surface area (Å²) in [5.41, 5.74) is 2.93. The van der Waals surface area contributed by atoms with Gasteiger partial charge in [-0.25, -0.2) is 8.78 Å². The van der Waals surface area contributed by atoms with Crippen molar-refractivity contribution >= 4 is 27.7 Å². The molecule has 0 heterocycles. The summed E-state index contributed by atoms with van der Waals surface area (Å²) in [7, 11) is 0. The summed E-state index contributed by atoms with van der Waals surface area (Å²) in [6.07, 6.45) is 0. The first-order valence-corrected chi connectivity index (χ1v) is 7.67. The van der Waals surface area contributed by atoms with Gasteiger partial charge >= 0.3 is 0 Å². The van der Waals surface area contributed by atoms with E-state index >= 15 is 0 Å². The van der Waals surface area contributed by atoms with Crippen molar-refractivity contribution in [3.8, 4) is 0 Å². The minimum atomic E-state index is -0.595. The van der Waals surface area contributed by atoms with E-state index in [1.807, 2.05) is 24.3 Å². The highest BCUT2D eigenvalue weighted by Gasteiger charge is 2.15. The van der Waals surface area contributed by atoms with Gasteiger partial charge in [0.1, 0.15) is 11.6 Å². The van der Waals surface area contributed by atoms with Gasteiger partial charge in [0.2, 0.25) is 0 Å². The fourth-order valence-electron chi connectivity index (χ4n) is 1.72. The molecule has 0 aliphatic carbocycles. The van der Waals surface area contributed by atoms with Gasteiger partial charge in [-0.15, -0.1) is 11.8 Å². The van der Waals surface area contributed by atoms with Crippen molar-refractivity contribution < 1.29 is 8.78 Å². The predicted molar refractivity (Wildman–Crippen MR) is 81.3 cm³/mol. The molecule has 0 aliphatic rings. The molecule has 0 spiro atoms. The van der Waals surface area contributed by atoms with Crippen molar-refractivity contribution in [3.05, 3.63) is 64.1 Å². The smallest absolute Gasteiger partial charge is 0.130 e. The fraction of sp³-hybridized carbons (Fsp3) is 0.143. The zero-order valence-electron chi connectivity index (χ0n) is 10.4. The van der Waals surface area contributed by atoms with Gasteiger partial charge < -0.3 is 0 Å². The number of hydrogen-bond acceptors (Lipinski definition) is 3. The molecule has 2 aromatic carbocycles. The molecule has 6 heteroatoms. The Kier molecular flexibility index (Phi) is 5.54. The van der Waals surface area contributed by atoms with Gasteiger partial charge in [-0.05, 0) is 30.3 Å². The molecule has 2 rings (SSSR count). The van der Waals surface area contributed by atoms with Gasteiger partial charge in [0.05, 0.1) is 6.04 Å². The quantitative estimate of drug-likeness (QED) is 0.481. The second-order valence-electron chi connectivity index (χ2n) is 4.15. The fourth-order valence-corrected chi connectivity index (χ4v) is 2.95. The number of rotatable bonds is 5. The van der Waals surface area contributed by atoms with Crippen LogP contribution in [0.2, 0.25) is 0 Å². The number of benzene rings is 2. The molecule has 0 aliphatic heterocycles. The summed E-state index contributed by atoms with van der Waals surface area (Å²) in [5.74, 6) is 4.82. The lowest BCUT2D eigenvalue weighted by Crippen LogP contribution is -2.30. The Morgan fingerprint density at radius 1 is 1.15 bits per heavy atom. The molecule has 2 nitrogen and oxygen atoms in total. The average Bonchev–Trinajstić information content (AvgIpc) is 2.43. The van der Waals surface area contributed by atoms with E-state index in [2.05, 4.69) is 21.4 Å². The number of hydrogen-bond donors (Lipinski definition) is 2. The van der Waals surface area contributed by atoms with E-state index in [1.54, 1.807) is 11.8 Å². The van der Waals surface area contributed by atoms with Crippen LogP contribution in [-0.4, -0.2) is 5.75 Å². The summed E-state index contributed by atoms with van der Waals surface area (Å²) in [6.45, 7) is 0. The third-order valence-electron chi connectivity index (χ3n) is 2.77. The van der Waals surface area contributed by atoms with E-state index < -0.39 is 11.6 Å². The molecule has 2 aromatic rings. The van der Waals surface area contributed by atoms with E-state index in [0.29, 0.717) is 11.3 Å². The molecule has 0 bridgehead atoms. The Labute approximate surface area is 128 Å². The zero-order chi connectivity index (χ0) is 14.5. The monoisotopic (exact) mass is 358 g/mol. The van der Waals surface area contributed by atoms with Gasteiger partial charge in [0, 0.05) is 26.8 Å². The van der Waals surface area contributed by atoms with Crippen LogP contribution in [-0.2, 0) is 0 Å². The molecule has 0 fully saturated rings. The number of thioether (sulfide) groups is 1. The van der Waals surface area contributed by atoms with E-state index in [0.717, 1.165) is 15.4 Å². The van der Waals surface area contributed by atoms with Crippen LogP contribution in [0.4, 0.5) is 8.78 Å². The molecular weight excluding hydrogens is 346 g/mol. The highest BCUT2D eigenvalue weighted by atomic mass is 79.9. The second kappa shape index (κ2) is 7.17. The van der Waals surface area contributed by atoms with E-state index in [9.17, 15) is 8.78 Å². The minimum absolute atomic E-state index is 0.360. The van der Waals surface area contributed by atoms with Gasteiger partial charge in [-0.3, -0.25) is 11.3 Å². The first kappa shape index (κ1) is 15.4. The molecule has 106 valence electrons. The van der Waals surface area contributed by atoms with Crippen molar-refractivity contribution in [2.45, 2.75) is 10.9 Å². The lowest BCUT2D eigenvalue weighted by molar-refractivity contribution is 0.531. The summed E-state index contributed by atoms with van der Waals surface area (Å²) < 4.78 is 27.6. The topological polar surface area (TPSA) is 38.0 Å². The third-order valence-corrected chi connectivity index (χ3v) is 4.40. The van der Waals surface area contributed by atoms with E-state index in [-0.39, 0.29) is 6.04 Å². The summed E-state index contributed by atoms with van der Waals surface area (Å²) in [4.78, 5) is 1.05. The first-order chi connectivity index (χ1) is 9.60. The van der Waals surface area contributed by atoms with Crippen molar-refractivity contribution in [1.29, 1.82) is 0 Å². The lowest BCUT2D eigenvalue weighted by Gasteiger charge is -2.16. The highest BCUT2D eigenvalue weighted by Crippen LogP contribution is 2.27. The number of halogens is 3. The molecule has 1 unspecified atom stereocenters. The van der Waals surface area contributed by atoms with Gasteiger partial charge in [0.15, 0.2) is 0 Å². The maximum atomic E-state index is 13.7. The molecule has 0 aromatic heterocycles. The molecule has 0 saturated carbocycles. The zero-order valence-corrected chi connectivity index (χ0v) is 12.8. The Hall–Kier alpha value is -0.950. The maximum Gasteiger partial charge on any atom is 0.130 e. The van der Waals surface area contributed by atoms with Gasteiger partial charge in [-0.2, -0.15) is 0 Å². The largest absolute Gasteiger partial charge is 0.271 e. The Morgan fingerprint density at radius 2 is 1.85 bits per heavy atom. The lowest BCUT2D eigenvalue weighted by atomic mass is 10.1. The van der Waals surface area contributed by atoms with Crippen LogP contribution in [0.25, 0.3) is 0 Å². The van der Waals surface area contributed by atoms with Crippen LogP contribution >= 0.6 is 27.7 Å². The SMILES string of the molecule is NNC(CSc1ccc(Br)cc1)c1ccc(F)cc1F. The van der Waals surface area contributed by atoms with E-state index in [4.69, 9.17) is 5.84 Å². The minimum Gasteiger partial charge on any atom is -0.271 e. The summed E-state index contributed by atoms with van der Waals surface area (Å²) >= 11 is 4.91. The van der Waals surface area contributed by atoms with Gasteiger partial charge in [-0.1, -0.05) is 22.0 Å². The summed E-state index contributed by atoms with van der Waals surface area (Å²) in [5, 5.41) is 0. The molecule has 20 heavy (non-hydrogen) atoms. The van der Waals surface area contributed by atoms with Crippen molar-refractivity contribution in [1.82, 2.24) is 5.43 Å². The molecule has 0 radical (unpaired) electrons. The van der Waals surface area contributed by atoms with Gasteiger partial charge in [0.25, 0.3) is 0 Å². The number of nitrogens with one attached hydrogen (secondary N) is 1. The number of hydrazine groups is 1. The molecule has 3 N–H and O–H groups in total. The predicted octanol–water partition coefficient (Wildman–Crippen LogP) is 4.02. The van der Waals surface area contributed by atoms with Crippen LogP contribution in [0.5, 0.6) is 0 Å². The van der Waals surface area contributed by atoms with E-state index in [1.165, 1.54) is 12.1 Å².